The first-order valence-corrected chi connectivity index (χ1v) is 9.29. The van der Waals surface area contributed by atoms with Gasteiger partial charge in [0.1, 0.15) is 11.2 Å². The predicted molar refractivity (Wildman–Crippen MR) is 103 cm³/mol. The molecule has 4 heteroatoms. The van der Waals surface area contributed by atoms with Crippen molar-refractivity contribution in [3.05, 3.63) is 82.9 Å². The number of rotatable bonds is 4. The summed E-state index contributed by atoms with van der Waals surface area (Å²) in [5.41, 5.74) is 2.75. The molecule has 0 aliphatic carbocycles. The SMILES string of the molecule is CC(=O)C1=C2C[C@@H](c3ccccc3)N(Cc3ccccc3)C[C@@]2(C)OC1=O. The summed E-state index contributed by atoms with van der Waals surface area (Å²) in [5, 5.41) is 0. The van der Waals surface area contributed by atoms with Crippen LogP contribution in [0.15, 0.2) is 71.8 Å². The molecule has 138 valence electrons. The van der Waals surface area contributed by atoms with Crippen LogP contribution in [0.1, 0.15) is 37.4 Å². The van der Waals surface area contributed by atoms with Crippen molar-refractivity contribution in [3.63, 3.8) is 0 Å². The number of nitrogens with zero attached hydrogens (tertiary/aromatic N) is 1. The molecule has 2 aliphatic rings. The summed E-state index contributed by atoms with van der Waals surface area (Å²) in [6, 6.07) is 20.7. The molecule has 1 fully saturated rings. The molecular weight excluding hydrogens is 338 g/mol. The number of likely N-dealkylation sites (tertiary alicyclic amines) is 1. The summed E-state index contributed by atoms with van der Waals surface area (Å²) in [7, 11) is 0. The summed E-state index contributed by atoms with van der Waals surface area (Å²) in [4.78, 5) is 26.8. The number of carbonyl (C=O) groups excluding carboxylic acids is 2. The average molecular weight is 361 g/mol. The van der Waals surface area contributed by atoms with Gasteiger partial charge in [-0.25, -0.2) is 4.79 Å². The quantitative estimate of drug-likeness (QED) is 0.613. The van der Waals surface area contributed by atoms with E-state index in [9.17, 15) is 9.59 Å². The number of piperidine rings is 1. The molecule has 0 radical (unpaired) electrons. The van der Waals surface area contributed by atoms with Crippen molar-refractivity contribution in [1.82, 2.24) is 4.90 Å². The Balaban J connectivity index is 1.75. The van der Waals surface area contributed by atoms with Gasteiger partial charge in [-0.15, -0.1) is 0 Å². The Morgan fingerprint density at radius 2 is 1.74 bits per heavy atom. The van der Waals surface area contributed by atoms with Gasteiger partial charge in [-0.3, -0.25) is 9.69 Å². The molecule has 0 saturated carbocycles. The summed E-state index contributed by atoms with van der Waals surface area (Å²) in [6.45, 7) is 4.70. The van der Waals surface area contributed by atoms with E-state index in [4.69, 9.17) is 4.74 Å². The van der Waals surface area contributed by atoms with E-state index in [-0.39, 0.29) is 17.4 Å². The standard InChI is InChI=1S/C23H23NO3/c1-16(25)21-19-13-20(18-11-7-4-8-12-18)24(14-17-9-5-3-6-10-17)15-23(19,2)27-22(21)26/h3-12,20H,13-15H2,1-2H3/t20-,23+/m0/s1. The van der Waals surface area contributed by atoms with Gasteiger partial charge in [-0.2, -0.15) is 0 Å². The molecule has 1 saturated heterocycles. The molecule has 2 aromatic carbocycles. The number of carbonyl (C=O) groups is 2. The van der Waals surface area contributed by atoms with Crippen molar-refractivity contribution in [1.29, 1.82) is 0 Å². The third-order valence-corrected chi connectivity index (χ3v) is 5.57. The minimum atomic E-state index is -0.738. The van der Waals surface area contributed by atoms with Crippen molar-refractivity contribution in [2.75, 3.05) is 6.54 Å². The topological polar surface area (TPSA) is 46.6 Å². The number of ketones is 1. The Morgan fingerprint density at radius 1 is 1.11 bits per heavy atom. The molecular formula is C23H23NO3. The third-order valence-electron chi connectivity index (χ3n) is 5.57. The van der Waals surface area contributed by atoms with Gasteiger partial charge in [-0.1, -0.05) is 60.7 Å². The summed E-state index contributed by atoms with van der Waals surface area (Å²) < 4.78 is 5.70. The van der Waals surface area contributed by atoms with E-state index in [1.54, 1.807) is 0 Å². The lowest BCUT2D eigenvalue weighted by Gasteiger charge is -2.44. The van der Waals surface area contributed by atoms with Crippen molar-refractivity contribution in [3.8, 4) is 0 Å². The van der Waals surface area contributed by atoms with Crippen LogP contribution in [-0.2, 0) is 20.9 Å². The molecule has 2 aliphatic heterocycles. The van der Waals surface area contributed by atoms with E-state index in [2.05, 4.69) is 29.2 Å². The van der Waals surface area contributed by atoms with Crippen molar-refractivity contribution in [2.45, 2.75) is 38.5 Å². The van der Waals surface area contributed by atoms with Gasteiger partial charge in [0.25, 0.3) is 0 Å². The van der Waals surface area contributed by atoms with Crippen LogP contribution >= 0.6 is 0 Å². The Kier molecular flexibility index (Phi) is 4.44. The molecule has 0 bridgehead atoms. The first-order chi connectivity index (χ1) is 13.0. The van der Waals surface area contributed by atoms with Crippen molar-refractivity contribution >= 4 is 11.8 Å². The monoisotopic (exact) mass is 361 g/mol. The normalized spacial score (nSPS) is 25.3. The molecule has 2 heterocycles. The molecule has 2 atom stereocenters. The number of esters is 1. The number of ether oxygens (including phenoxy) is 1. The van der Waals surface area contributed by atoms with Crippen LogP contribution in [0.3, 0.4) is 0 Å². The fourth-order valence-electron chi connectivity index (χ4n) is 4.31. The average Bonchev–Trinajstić information content (AvgIpc) is 2.91. The van der Waals surface area contributed by atoms with Crippen LogP contribution in [0.2, 0.25) is 0 Å². The number of hydrogen-bond acceptors (Lipinski definition) is 4. The fraction of sp³-hybridized carbons (Fsp3) is 0.304. The van der Waals surface area contributed by atoms with E-state index in [1.165, 1.54) is 18.1 Å². The zero-order chi connectivity index (χ0) is 19.0. The molecule has 27 heavy (non-hydrogen) atoms. The zero-order valence-electron chi connectivity index (χ0n) is 15.6. The van der Waals surface area contributed by atoms with E-state index in [0.717, 1.165) is 12.1 Å². The highest BCUT2D eigenvalue weighted by Crippen LogP contribution is 2.46. The lowest BCUT2D eigenvalue weighted by molar-refractivity contribution is -0.149. The maximum Gasteiger partial charge on any atom is 0.342 e. The summed E-state index contributed by atoms with van der Waals surface area (Å²) in [5.74, 6) is -0.685. The molecule has 0 spiro atoms. The second-order valence-corrected chi connectivity index (χ2v) is 7.55. The van der Waals surface area contributed by atoms with Crippen LogP contribution < -0.4 is 0 Å². The molecule has 4 nitrogen and oxygen atoms in total. The molecule has 0 unspecified atom stereocenters. The second-order valence-electron chi connectivity index (χ2n) is 7.55. The van der Waals surface area contributed by atoms with Crippen LogP contribution in [0.25, 0.3) is 0 Å². The second kappa shape index (κ2) is 6.78. The van der Waals surface area contributed by atoms with Gasteiger partial charge < -0.3 is 4.74 Å². The van der Waals surface area contributed by atoms with E-state index >= 15 is 0 Å². The zero-order valence-corrected chi connectivity index (χ0v) is 15.6. The lowest BCUT2D eigenvalue weighted by Crippen LogP contribution is -2.48. The predicted octanol–water partition coefficient (Wildman–Crippen LogP) is 3.83. The minimum Gasteiger partial charge on any atom is -0.450 e. The fourth-order valence-corrected chi connectivity index (χ4v) is 4.31. The number of benzene rings is 2. The van der Waals surface area contributed by atoms with E-state index in [1.807, 2.05) is 43.3 Å². The third kappa shape index (κ3) is 3.21. The van der Waals surface area contributed by atoms with Gasteiger partial charge in [0, 0.05) is 19.1 Å². The number of hydrogen-bond donors (Lipinski definition) is 0. The molecule has 0 N–H and O–H groups in total. The maximum absolute atomic E-state index is 12.4. The highest BCUT2D eigenvalue weighted by molar-refractivity contribution is 6.18. The molecule has 0 amide bonds. The summed E-state index contributed by atoms with van der Waals surface area (Å²) in [6.07, 6.45) is 0.619. The van der Waals surface area contributed by atoms with E-state index < -0.39 is 11.6 Å². The van der Waals surface area contributed by atoms with E-state index in [0.29, 0.717) is 13.0 Å². The minimum absolute atomic E-state index is 0.0957. The maximum atomic E-state index is 12.4. The van der Waals surface area contributed by atoms with Crippen LogP contribution in [-0.4, -0.2) is 28.8 Å². The number of fused-ring (bicyclic) bond motifs is 1. The van der Waals surface area contributed by atoms with Crippen LogP contribution in [0, 0.1) is 0 Å². The highest BCUT2D eigenvalue weighted by Gasteiger charge is 2.51. The van der Waals surface area contributed by atoms with Gasteiger partial charge in [0.2, 0.25) is 0 Å². The Hall–Kier alpha value is -2.72. The molecule has 4 rings (SSSR count). The molecule has 0 aromatic heterocycles. The van der Waals surface area contributed by atoms with Crippen molar-refractivity contribution in [2.24, 2.45) is 0 Å². The van der Waals surface area contributed by atoms with Crippen LogP contribution in [0.5, 0.6) is 0 Å². The first-order valence-electron chi connectivity index (χ1n) is 9.29. The Bertz CT molecular complexity index is 904. The smallest absolute Gasteiger partial charge is 0.342 e. The van der Waals surface area contributed by atoms with Crippen LogP contribution in [0.4, 0.5) is 0 Å². The van der Waals surface area contributed by atoms with Gasteiger partial charge in [0.15, 0.2) is 5.78 Å². The van der Waals surface area contributed by atoms with Gasteiger partial charge in [-0.05, 0) is 37.0 Å². The van der Waals surface area contributed by atoms with Gasteiger partial charge in [0.05, 0.1) is 0 Å². The lowest BCUT2D eigenvalue weighted by atomic mass is 9.80. The Labute approximate surface area is 159 Å². The summed E-state index contributed by atoms with van der Waals surface area (Å²) >= 11 is 0. The van der Waals surface area contributed by atoms with Crippen molar-refractivity contribution < 1.29 is 14.3 Å². The first kappa shape index (κ1) is 17.7. The number of Topliss-reactive ketones (excluding diaryl/α,β-unsaturated/α-hetero) is 1. The Morgan fingerprint density at radius 3 is 2.37 bits per heavy atom. The highest BCUT2D eigenvalue weighted by atomic mass is 16.6. The molecule has 2 aromatic rings. The van der Waals surface area contributed by atoms with Gasteiger partial charge >= 0.3 is 5.97 Å². The largest absolute Gasteiger partial charge is 0.450 e.